The molecule has 0 saturated carbocycles. The molecule has 0 aromatic heterocycles. The Bertz CT molecular complexity index is 6210. The molecule has 0 aliphatic carbocycles. The summed E-state index contributed by atoms with van der Waals surface area (Å²) in [6.07, 6.45) is 0. The van der Waals surface area contributed by atoms with Gasteiger partial charge in [0.15, 0.2) is 0 Å². The molecule has 11 aromatic carbocycles. The number of para-hydroxylation sites is 6. The van der Waals surface area contributed by atoms with E-state index in [0.717, 1.165) is 9.80 Å². The minimum Gasteiger partial charge on any atom is -0.458 e. The molecule has 0 radical (unpaired) electrons. The lowest BCUT2D eigenvalue weighted by atomic mass is 9.27. The van der Waals surface area contributed by atoms with Gasteiger partial charge in [0.2, 0.25) is 0 Å². The fraction of sp³-hybridized carbons (Fsp3) is 0. The monoisotopic (exact) mass is 1010 g/mol. The summed E-state index contributed by atoms with van der Waals surface area (Å²) in [5, 5.41) is 0. The van der Waals surface area contributed by atoms with Crippen molar-refractivity contribution in [1.82, 2.24) is 0 Å². The van der Waals surface area contributed by atoms with Crippen molar-refractivity contribution in [2.45, 2.75) is 0 Å². The second-order valence-electron chi connectivity index (χ2n) is 19.1. The average molecular weight is 1010 g/mol. The first-order valence-electron chi connectivity index (χ1n) is 38.8. The van der Waals surface area contributed by atoms with Gasteiger partial charge < -0.3 is 33.6 Å². The molecule has 0 atom stereocenters. The molecular weight excluding hydrogens is 942 g/mol. The number of ether oxygens (including phenoxy) is 4. The van der Waals surface area contributed by atoms with E-state index in [9.17, 15) is 31.5 Å². The standard InChI is InChI=1S/C66H37B4N3O4/c1-3-17-38(18-4-1)71-48-25-11-7-21-40(48)67-44-33-46-60(76-58-31-15-29-56-64(58)69(46)42-23-9-13-27-54(42)74-56)36-50(44)73-51-37-61-47(70-43-24-10-14-28-55(43)75-57-30-16-32-59(77-61)65(57)70)34-45(51)68-41-22-8-12-26-49(41)72(39-19-5-2-6-20-39)53-35-52(71)62(67)66(73)63(53)68/h1-37H/i1D,2D,3D,4D,5D,6D,7D,8D,9D,10D,11D,12D,13D,14D,17D,18D,19D,20D,21D,22D,23D,24D,25D,26D,27D,28D,33D,36D,37D. The van der Waals surface area contributed by atoms with Gasteiger partial charge >= 0.3 is 0 Å². The average Bonchev–Trinajstić information content (AvgIpc) is 0.675. The van der Waals surface area contributed by atoms with Gasteiger partial charge in [-0.25, -0.2) is 0 Å². The molecule has 77 heavy (non-hydrogen) atoms. The molecule has 0 bridgehead atoms. The van der Waals surface area contributed by atoms with Crippen LogP contribution < -0.4 is 99.2 Å². The van der Waals surface area contributed by atoms with Gasteiger partial charge in [0, 0.05) is 74.2 Å². The van der Waals surface area contributed by atoms with Gasteiger partial charge in [-0.2, -0.15) is 0 Å². The highest BCUT2D eigenvalue weighted by Gasteiger charge is 2.54. The molecule has 0 fully saturated rings. The summed E-state index contributed by atoms with van der Waals surface area (Å²) in [6.45, 7) is -6.52. The summed E-state index contributed by atoms with van der Waals surface area (Å²) in [6, 6.07) is -11.7. The maximum absolute atomic E-state index is 11.2. The number of hydrogen-bond acceptors (Lipinski definition) is 7. The van der Waals surface area contributed by atoms with Crippen LogP contribution in [-0.2, 0) is 0 Å². The Morgan fingerprint density at radius 3 is 1.25 bits per heavy atom. The van der Waals surface area contributed by atoms with Crippen LogP contribution in [0.25, 0.3) is 0 Å². The third-order valence-electron chi connectivity index (χ3n) is 15.6. The van der Waals surface area contributed by atoms with Gasteiger partial charge in [-0.1, -0.05) is 133 Å². The Balaban J connectivity index is 1.07. The molecule has 8 aliphatic rings. The van der Waals surface area contributed by atoms with E-state index >= 15 is 0 Å². The molecule has 0 N–H and O–H groups in total. The third kappa shape index (κ3) is 5.16. The Hall–Kier alpha value is -9.72. The van der Waals surface area contributed by atoms with E-state index < -0.39 is 253 Å². The lowest BCUT2D eigenvalue weighted by Gasteiger charge is -2.51. The molecular formula is C66H37B4N3O4. The van der Waals surface area contributed by atoms with Crippen molar-refractivity contribution in [1.29, 1.82) is 0 Å². The Labute approximate surface area is 486 Å². The van der Waals surface area contributed by atoms with Crippen LogP contribution in [0.3, 0.4) is 0 Å². The predicted octanol–water partition coefficient (Wildman–Crippen LogP) is 7.84. The van der Waals surface area contributed by atoms with E-state index in [0.29, 0.717) is 0 Å². The van der Waals surface area contributed by atoms with Crippen molar-refractivity contribution in [3.05, 3.63) is 224 Å². The number of rotatable bonds is 2. The molecule has 11 aromatic rings. The topological polar surface area (TPSA) is 46.6 Å². The smallest absolute Gasteiger partial charge is 0.260 e. The van der Waals surface area contributed by atoms with Crippen molar-refractivity contribution in [3.63, 3.8) is 0 Å². The largest absolute Gasteiger partial charge is 0.458 e. The lowest BCUT2D eigenvalue weighted by molar-refractivity contribution is 0.464. The molecule has 0 saturated heterocycles. The quantitative estimate of drug-likeness (QED) is 0.164. The van der Waals surface area contributed by atoms with Crippen LogP contribution in [0.2, 0.25) is 0 Å². The second kappa shape index (κ2) is 14.6. The normalized spacial score (nSPS) is 20.0. The van der Waals surface area contributed by atoms with E-state index in [1.54, 1.807) is 0 Å². The zero-order chi connectivity index (χ0) is 75.0. The molecule has 7 nitrogen and oxygen atoms in total. The number of benzene rings is 11. The maximum atomic E-state index is 11.2. The van der Waals surface area contributed by atoms with Gasteiger partial charge in [0.05, 0.1) is 39.8 Å². The van der Waals surface area contributed by atoms with Gasteiger partial charge in [0.25, 0.3) is 26.9 Å². The molecule has 19 rings (SSSR count). The van der Waals surface area contributed by atoms with Crippen molar-refractivity contribution in [2.75, 3.05) is 14.7 Å². The van der Waals surface area contributed by atoms with Crippen LogP contribution in [0.1, 0.15) is 39.8 Å². The van der Waals surface area contributed by atoms with E-state index in [1.807, 2.05) is 0 Å². The zero-order valence-corrected chi connectivity index (χ0v) is 38.9. The third-order valence-corrected chi connectivity index (χ3v) is 15.6. The van der Waals surface area contributed by atoms with Crippen molar-refractivity contribution in [2.24, 2.45) is 0 Å². The number of anilines is 9. The summed E-state index contributed by atoms with van der Waals surface area (Å²) in [5.74, 6) is -1.35. The van der Waals surface area contributed by atoms with Gasteiger partial charge in [-0.15, -0.1) is 0 Å². The molecule has 0 unspecified atom stereocenters. The van der Waals surface area contributed by atoms with Crippen LogP contribution in [0.15, 0.2) is 224 Å². The predicted molar refractivity (Wildman–Crippen MR) is 315 cm³/mol. The Morgan fingerprint density at radius 2 is 0.701 bits per heavy atom. The van der Waals surface area contributed by atoms with Crippen LogP contribution in [-0.4, -0.2) is 26.9 Å². The molecule has 0 amide bonds. The number of hydrogen-bond donors (Lipinski definition) is 0. The lowest BCUT2D eigenvalue weighted by Crippen LogP contribution is -2.70. The zero-order valence-electron chi connectivity index (χ0n) is 67.9. The van der Waals surface area contributed by atoms with Crippen molar-refractivity contribution < 1.29 is 58.7 Å². The van der Waals surface area contributed by atoms with E-state index in [-0.39, 0.29) is 112 Å². The maximum Gasteiger partial charge on any atom is 0.260 e. The summed E-state index contributed by atoms with van der Waals surface area (Å²) in [5.41, 5.74) is -6.52. The number of nitrogens with zero attached hydrogens (tertiary/aromatic N) is 3. The minimum absolute atomic E-state index is 0.000257. The van der Waals surface area contributed by atoms with Crippen LogP contribution in [0.5, 0.6) is 46.0 Å². The molecule has 8 aliphatic heterocycles. The van der Waals surface area contributed by atoms with Crippen molar-refractivity contribution in [3.8, 4) is 46.0 Å². The van der Waals surface area contributed by atoms with Gasteiger partial charge in [-0.3, -0.25) is 0 Å². The highest BCUT2D eigenvalue weighted by molar-refractivity contribution is 7.06. The summed E-state index contributed by atoms with van der Waals surface area (Å²) >= 11 is 0. The second-order valence-corrected chi connectivity index (χ2v) is 19.1. The first-order valence-corrected chi connectivity index (χ1v) is 24.3. The first-order chi connectivity index (χ1) is 50.3. The van der Waals surface area contributed by atoms with Crippen LogP contribution in [0, 0.1) is 0 Å². The van der Waals surface area contributed by atoms with Gasteiger partial charge in [-0.05, 0) is 133 Å². The van der Waals surface area contributed by atoms with Crippen LogP contribution in [0.4, 0.5) is 51.2 Å². The van der Waals surface area contributed by atoms with E-state index in [2.05, 4.69) is 0 Å². The fourth-order valence-corrected chi connectivity index (χ4v) is 12.8. The first kappa shape index (κ1) is 22.6. The molecule has 0 spiro atoms. The molecule has 8 heterocycles. The molecule has 352 valence electrons. The number of fused-ring (bicyclic) bond motifs is 18. The minimum atomic E-state index is -1.91. The fourth-order valence-electron chi connectivity index (χ4n) is 12.8. The van der Waals surface area contributed by atoms with Crippen molar-refractivity contribution >= 4 is 144 Å². The van der Waals surface area contributed by atoms with E-state index in [4.69, 9.17) is 27.2 Å². The highest BCUT2D eigenvalue weighted by Crippen LogP contribution is 2.51. The Kier molecular flexibility index (Phi) is 4.28. The van der Waals surface area contributed by atoms with Crippen LogP contribution >= 0.6 is 0 Å². The summed E-state index contributed by atoms with van der Waals surface area (Å²) < 4.78 is 306. The highest BCUT2D eigenvalue weighted by atomic mass is 16.5. The van der Waals surface area contributed by atoms with E-state index in [1.165, 1.54) is 53.4 Å². The SMILES string of the molecule is [2H]c1c([2H])c([2H])c(N2c3cc4c5c6c3B(c3cc7c(c([2H])c3N6c3c([2H])c6c(c([2H])c3B5c3c([2H])c([2H])c([2H])c([2H])c3N4c3c([2H])c([2H])c([2H])c([2H])c3[2H])B3c4c(cccc4O6)Oc4c([2H])c([2H])c([2H])c([2H])c43)Oc3cccc4c3B7c3c([2H])c([2H])c([2H])c([2H])c3O4)c3c([2H])c([2H])c([2H])c([2H])c32)c([2H])c1[2H]. The Morgan fingerprint density at radius 1 is 0.286 bits per heavy atom. The summed E-state index contributed by atoms with van der Waals surface area (Å²) in [7, 11) is 0. The van der Waals surface area contributed by atoms with Gasteiger partial charge in [0.1, 0.15) is 46.0 Å². The molecule has 11 heteroatoms. The summed E-state index contributed by atoms with van der Waals surface area (Å²) in [4.78, 5) is 3.28.